The summed E-state index contributed by atoms with van der Waals surface area (Å²) in [7, 11) is 0. The van der Waals surface area contributed by atoms with E-state index < -0.39 is 5.97 Å². The van der Waals surface area contributed by atoms with Crippen molar-refractivity contribution < 1.29 is 9.90 Å². The highest BCUT2D eigenvalue weighted by Crippen LogP contribution is 2.21. The van der Waals surface area contributed by atoms with Gasteiger partial charge in [-0.2, -0.15) is 0 Å². The summed E-state index contributed by atoms with van der Waals surface area (Å²) >= 11 is 5.23. The Bertz CT molecular complexity index is 523. The minimum Gasteiger partial charge on any atom is -0.476 e. The zero-order valence-corrected chi connectivity index (χ0v) is 10.5. The molecule has 0 aliphatic rings. The number of hydrogen-bond donors (Lipinski definition) is 1. The van der Waals surface area contributed by atoms with Crippen molar-refractivity contribution in [3.63, 3.8) is 0 Å². The third kappa shape index (κ3) is 1.42. The molecule has 0 unspecified atom stereocenters. The number of aromatic carboxylic acids is 1. The van der Waals surface area contributed by atoms with E-state index in [2.05, 4.69) is 20.9 Å². The van der Waals surface area contributed by atoms with Crippen molar-refractivity contribution in [1.29, 1.82) is 0 Å². The Morgan fingerprint density at radius 3 is 3.00 bits per heavy atom. The standard InChI is InChI=1S/C8H4BrIN2O2/c9-4-2-1-3-12-5(8(13)14)6(10)11-7(4)12/h1-3H,(H,13,14). The molecule has 0 aromatic carbocycles. The number of aromatic nitrogens is 2. The Labute approximate surface area is 101 Å². The number of hydrogen-bond acceptors (Lipinski definition) is 2. The van der Waals surface area contributed by atoms with E-state index in [4.69, 9.17) is 5.11 Å². The summed E-state index contributed by atoms with van der Waals surface area (Å²) in [4.78, 5) is 15.1. The van der Waals surface area contributed by atoms with E-state index in [0.29, 0.717) is 9.35 Å². The fraction of sp³-hybridized carbons (Fsp3) is 0. The monoisotopic (exact) mass is 366 g/mol. The maximum absolute atomic E-state index is 10.9. The fourth-order valence-electron chi connectivity index (χ4n) is 1.20. The summed E-state index contributed by atoms with van der Waals surface area (Å²) in [6, 6.07) is 3.59. The first-order chi connectivity index (χ1) is 6.61. The second-order valence-corrected chi connectivity index (χ2v) is 4.48. The number of carboxylic acids is 1. The summed E-state index contributed by atoms with van der Waals surface area (Å²) in [5.74, 6) is -0.972. The Kier molecular flexibility index (Phi) is 2.48. The molecule has 0 saturated carbocycles. The van der Waals surface area contributed by atoms with Crippen molar-refractivity contribution in [3.8, 4) is 0 Å². The molecule has 0 amide bonds. The summed E-state index contributed by atoms with van der Waals surface area (Å²) < 4.78 is 2.82. The molecule has 0 saturated heterocycles. The van der Waals surface area contributed by atoms with Crippen LogP contribution in [0.3, 0.4) is 0 Å². The van der Waals surface area contributed by atoms with Crippen molar-refractivity contribution in [3.05, 3.63) is 32.2 Å². The van der Waals surface area contributed by atoms with Crippen LogP contribution in [0, 0.1) is 3.70 Å². The first-order valence-corrected chi connectivity index (χ1v) is 5.54. The summed E-state index contributed by atoms with van der Waals surface area (Å²) in [6.07, 6.45) is 1.68. The van der Waals surface area contributed by atoms with Crippen molar-refractivity contribution in [2.45, 2.75) is 0 Å². The van der Waals surface area contributed by atoms with Gasteiger partial charge in [0.2, 0.25) is 0 Å². The van der Waals surface area contributed by atoms with Crippen molar-refractivity contribution >= 4 is 50.1 Å². The number of carbonyl (C=O) groups is 1. The summed E-state index contributed by atoms with van der Waals surface area (Å²) in [6.45, 7) is 0. The predicted molar refractivity (Wildman–Crippen MR) is 62.6 cm³/mol. The molecule has 14 heavy (non-hydrogen) atoms. The van der Waals surface area contributed by atoms with Crippen molar-refractivity contribution in [1.82, 2.24) is 9.38 Å². The molecule has 0 aliphatic heterocycles. The molecule has 4 nitrogen and oxygen atoms in total. The van der Waals surface area contributed by atoms with Gasteiger partial charge in [0.25, 0.3) is 0 Å². The fourth-order valence-corrected chi connectivity index (χ4v) is 2.35. The van der Waals surface area contributed by atoms with Gasteiger partial charge in [0.1, 0.15) is 3.70 Å². The molecule has 0 bridgehead atoms. The second-order valence-electron chi connectivity index (χ2n) is 2.61. The Hall–Kier alpha value is -0.630. The lowest BCUT2D eigenvalue weighted by atomic mass is 10.4. The van der Waals surface area contributed by atoms with Gasteiger partial charge in [0.15, 0.2) is 11.3 Å². The van der Waals surface area contributed by atoms with Crippen LogP contribution in [0.2, 0.25) is 0 Å². The number of nitrogens with zero attached hydrogens (tertiary/aromatic N) is 2. The second kappa shape index (κ2) is 3.50. The third-order valence-electron chi connectivity index (χ3n) is 1.76. The number of imidazole rings is 1. The average molecular weight is 367 g/mol. The maximum Gasteiger partial charge on any atom is 0.355 e. The quantitative estimate of drug-likeness (QED) is 0.788. The zero-order valence-electron chi connectivity index (χ0n) is 6.74. The van der Waals surface area contributed by atoms with Crippen LogP contribution in [0.1, 0.15) is 10.5 Å². The Balaban J connectivity index is 2.90. The summed E-state index contributed by atoms with van der Waals surface area (Å²) in [5.41, 5.74) is 0.816. The number of rotatable bonds is 1. The highest BCUT2D eigenvalue weighted by atomic mass is 127. The first kappa shape index (κ1) is 9.91. The topological polar surface area (TPSA) is 54.6 Å². The Morgan fingerprint density at radius 2 is 2.36 bits per heavy atom. The Morgan fingerprint density at radius 1 is 1.64 bits per heavy atom. The number of carboxylic acid groups (broad SMARTS) is 1. The lowest BCUT2D eigenvalue weighted by Crippen LogP contribution is -2.03. The van der Waals surface area contributed by atoms with Crippen LogP contribution in [-0.2, 0) is 0 Å². The van der Waals surface area contributed by atoms with E-state index in [1.54, 1.807) is 16.7 Å². The smallest absolute Gasteiger partial charge is 0.355 e. The molecule has 0 spiro atoms. The lowest BCUT2D eigenvalue weighted by molar-refractivity contribution is 0.0688. The molecular formula is C8H4BrIN2O2. The molecule has 0 aliphatic carbocycles. The van der Waals surface area contributed by atoms with Crippen LogP contribution in [-0.4, -0.2) is 20.5 Å². The van der Waals surface area contributed by atoms with Gasteiger partial charge in [-0.25, -0.2) is 9.78 Å². The highest BCUT2D eigenvalue weighted by molar-refractivity contribution is 14.1. The largest absolute Gasteiger partial charge is 0.476 e. The van der Waals surface area contributed by atoms with Crippen molar-refractivity contribution in [2.24, 2.45) is 0 Å². The third-order valence-corrected chi connectivity index (χ3v) is 3.13. The molecule has 2 aromatic heterocycles. The van der Waals surface area contributed by atoms with Gasteiger partial charge in [0.05, 0.1) is 4.47 Å². The number of fused-ring (bicyclic) bond motifs is 1. The van der Waals surface area contributed by atoms with Gasteiger partial charge in [-0.15, -0.1) is 0 Å². The molecule has 0 radical (unpaired) electrons. The van der Waals surface area contributed by atoms with E-state index in [0.717, 1.165) is 4.47 Å². The highest BCUT2D eigenvalue weighted by Gasteiger charge is 2.17. The molecule has 0 fully saturated rings. The average Bonchev–Trinajstić information content (AvgIpc) is 2.42. The van der Waals surface area contributed by atoms with E-state index in [-0.39, 0.29) is 5.69 Å². The van der Waals surface area contributed by atoms with E-state index in [1.807, 2.05) is 28.7 Å². The molecule has 72 valence electrons. The van der Waals surface area contributed by atoms with Gasteiger partial charge in [-0.3, -0.25) is 4.40 Å². The van der Waals surface area contributed by atoms with Crippen LogP contribution in [0.4, 0.5) is 0 Å². The van der Waals surface area contributed by atoms with Crippen LogP contribution in [0.25, 0.3) is 5.65 Å². The van der Waals surface area contributed by atoms with E-state index >= 15 is 0 Å². The van der Waals surface area contributed by atoms with Crippen LogP contribution >= 0.6 is 38.5 Å². The van der Waals surface area contributed by atoms with Crippen LogP contribution in [0.5, 0.6) is 0 Å². The number of pyridine rings is 1. The molecule has 2 heterocycles. The van der Waals surface area contributed by atoms with Gasteiger partial charge < -0.3 is 5.11 Å². The van der Waals surface area contributed by atoms with Gasteiger partial charge >= 0.3 is 5.97 Å². The van der Waals surface area contributed by atoms with E-state index in [9.17, 15) is 4.79 Å². The molecular weight excluding hydrogens is 363 g/mol. The predicted octanol–water partition coefficient (Wildman–Crippen LogP) is 2.40. The van der Waals surface area contributed by atoms with E-state index in [1.165, 1.54) is 0 Å². The first-order valence-electron chi connectivity index (χ1n) is 3.66. The lowest BCUT2D eigenvalue weighted by Gasteiger charge is -1.97. The zero-order chi connectivity index (χ0) is 10.3. The maximum atomic E-state index is 10.9. The minimum atomic E-state index is -0.972. The molecule has 2 aromatic rings. The molecule has 1 N–H and O–H groups in total. The van der Waals surface area contributed by atoms with Crippen LogP contribution in [0.15, 0.2) is 22.8 Å². The summed E-state index contributed by atoms with van der Waals surface area (Å²) in [5, 5.41) is 8.96. The normalized spacial score (nSPS) is 10.7. The minimum absolute atomic E-state index is 0.196. The molecule has 2 rings (SSSR count). The number of halogens is 2. The molecule has 0 atom stereocenters. The van der Waals surface area contributed by atoms with Crippen LogP contribution < -0.4 is 0 Å². The van der Waals surface area contributed by atoms with Gasteiger partial charge in [0, 0.05) is 6.20 Å². The molecule has 6 heteroatoms. The van der Waals surface area contributed by atoms with Gasteiger partial charge in [-0.05, 0) is 50.7 Å². The van der Waals surface area contributed by atoms with Crippen molar-refractivity contribution in [2.75, 3.05) is 0 Å². The SMILES string of the molecule is O=C(O)c1c(I)nc2c(Br)cccn12. The van der Waals surface area contributed by atoms with Gasteiger partial charge in [-0.1, -0.05) is 0 Å².